The minimum absolute atomic E-state index is 0.0393. The van der Waals surface area contributed by atoms with E-state index in [1.807, 2.05) is 20.8 Å². The van der Waals surface area contributed by atoms with Crippen molar-refractivity contribution in [2.45, 2.75) is 27.7 Å². The number of carbonyl (C=O) groups is 2. The fourth-order valence-electron chi connectivity index (χ4n) is 1.66. The van der Waals surface area contributed by atoms with Gasteiger partial charge in [-0.05, 0) is 12.3 Å². The monoisotopic (exact) mass is 272 g/mol. The molecule has 0 aliphatic carbocycles. The molecular weight excluding hydrogens is 248 g/mol. The Balaban J connectivity index is 2.33. The van der Waals surface area contributed by atoms with E-state index >= 15 is 0 Å². The minimum atomic E-state index is -0.315. The summed E-state index contributed by atoms with van der Waals surface area (Å²) >= 11 is 0. The third kappa shape index (κ3) is 5.36. The van der Waals surface area contributed by atoms with Crippen LogP contribution in [0.3, 0.4) is 0 Å². The van der Waals surface area contributed by atoms with Crippen LogP contribution in [0.5, 0.6) is 0 Å². The summed E-state index contributed by atoms with van der Waals surface area (Å²) in [6.07, 6.45) is -0.622. The molecule has 1 rings (SSSR count). The highest BCUT2D eigenvalue weighted by Crippen LogP contribution is 2.14. The van der Waals surface area contributed by atoms with E-state index in [0.717, 1.165) is 0 Å². The molecule has 0 spiro atoms. The van der Waals surface area contributed by atoms with Crippen molar-refractivity contribution in [3.63, 3.8) is 0 Å². The summed E-state index contributed by atoms with van der Waals surface area (Å²) in [6, 6.07) is 0. The molecule has 6 heteroatoms. The van der Waals surface area contributed by atoms with Gasteiger partial charge in [0.2, 0.25) is 0 Å². The van der Waals surface area contributed by atoms with Crippen molar-refractivity contribution in [1.82, 2.24) is 9.80 Å². The quantitative estimate of drug-likeness (QED) is 0.771. The van der Waals surface area contributed by atoms with Crippen LogP contribution in [0.25, 0.3) is 0 Å². The highest BCUT2D eigenvalue weighted by atomic mass is 16.6. The van der Waals surface area contributed by atoms with Gasteiger partial charge in [-0.3, -0.25) is 0 Å². The normalized spacial score (nSPS) is 16.2. The molecule has 0 atom stereocenters. The number of ether oxygens (including phenoxy) is 2. The maximum absolute atomic E-state index is 11.8. The van der Waals surface area contributed by atoms with Gasteiger partial charge in [0.25, 0.3) is 0 Å². The van der Waals surface area contributed by atoms with Crippen molar-refractivity contribution < 1.29 is 19.1 Å². The molecule has 0 aromatic heterocycles. The number of rotatable bonds is 2. The number of hydrogen-bond donors (Lipinski definition) is 0. The molecule has 1 fully saturated rings. The van der Waals surface area contributed by atoms with Crippen molar-refractivity contribution >= 4 is 12.2 Å². The average molecular weight is 272 g/mol. The maximum atomic E-state index is 11.8. The molecule has 110 valence electrons. The Hall–Kier alpha value is -1.46. The molecular formula is C13H24N2O4. The number of piperazine rings is 1. The van der Waals surface area contributed by atoms with E-state index in [9.17, 15) is 9.59 Å². The molecule has 19 heavy (non-hydrogen) atoms. The Bertz CT molecular complexity index is 317. The van der Waals surface area contributed by atoms with Crippen LogP contribution in [0.1, 0.15) is 27.7 Å². The van der Waals surface area contributed by atoms with Crippen molar-refractivity contribution in [1.29, 1.82) is 0 Å². The van der Waals surface area contributed by atoms with Crippen LogP contribution in [0.15, 0.2) is 0 Å². The fourth-order valence-corrected chi connectivity index (χ4v) is 1.66. The second-order valence-electron chi connectivity index (χ2n) is 5.79. The minimum Gasteiger partial charge on any atom is -0.450 e. The number of amides is 2. The summed E-state index contributed by atoms with van der Waals surface area (Å²) in [5, 5.41) is 0. The van der Waals surface area contributed by atoms with Crippen molar-refractivity contribution in [3.05, 3.63) is 0 Å². The van der Waals surface area contributed by atoms with Gasteiger partial charge in [0.15, 0.2) is 0 Å². The molecule has 0 aromatic carbocycles. The van der Waals surface area contributed by atoms with Crippen LogP contribution < -0.4 is 0 Å². The first-order valence-corrected chi connectivity index (χ1v) is 6.67. The lowest BCUT2D eigenvalue weighted by Crippen LogP contribution is -2.51. The summed E-state index contributed by atoms with van der Waals surface area (Å²) < 4.78 is 10.2. The van der Waals surface area contributed by atoms with E-state index in [-0.39, 0.29) is 17.6 Å². The van der Waals surface area contributed by atoms with E-state index in [4.69, 9.17) is 9.47 Å². The molecule has 1 saturated heterocycles. The molecule has 0 radical (unpaired) electrons. The third-order valence-electron chi connectivity index (χ3n) is 2.69. The van der Waals surface area contributed by atoms with Gasteiger partial charge in [-0.1, -0.05) is 20.8 Å². The predicted molar refractivity (Wildman–Crippen MR) is 71.0 cm³/mol. The summed E-state index contributed by atoms with van der Waals surface area (Å²) in [5.74, 6) is 0. The number of nitrogens with zero attached hydrogens (tertiary/aromatic N) is 2. The Morgan fingerprint density at radius 3 is 1.74 bits per heavy atom. The van der Waals surface area contributed by atoms with Crippen LogP contribution >= 0.6 is 0 Å². The van der Waals surface area contributed by atoms with E-state index in [0.29, 0.717) is 39.4 Å². The molecule has 0 N–H and O–H groups in total. The van der Waals surface area contributed by atoms with Gasteiger partial charge < -0.3 is 19.3 Å². The fraction of sp³-hybridized carbons (Fsp3) is 0.846. The predicted octanol–water partition coefficient (Wildman–Crippen LogP) is 1.94. The molecule has 2 amide bonds. The molecule has 0 unspecified atom stereocenters. The van der Waals surface area contributed by atoms with Crippen LogP contribution in [-0.4, -0.2) is 61.4 Å². The van der Waals surface area contributed by atoms with Crippen LogP contribution in [0.2, 0.25) is 0 Å². The molecule has 1 aliphatic heterocycles. The van der Waals surface area contributed by atoms with Crippen molar-refractivity contribution in [3.8, 4) is 0 Å². The van der Waals surface area contributed by atoms with Gasteiger partial charge in [0.1, 0.15) is 0 Å². The van der Waals surface area contributed by atoms with Crippen molar-refractivity contribution in [2.75, 3.05) is 39.4 Å². The van der Waals surface area contributed by atoms with Crippen molar-refractivity contribution in [2.24, 2.45) is 5.41 Å². The summed E-state index contributed by atoms with van der Waals surface area (Å²) in [5.41, 5.74) is -0.0393. The summed E-state index contributed by atoms with van der Waals surface area (Å²) in [4.78, 5) is 26.6. The van der Waals surface area contributed by atoms with Gasteiger partial charge in [-0.15, -0.1) is 0 Å². The lowest BCUT2D eigenvalue weighted by molar-refractivity contribution is 0.0484. The largest absolute Gasteiger partial charge is 0.450 e. The standard InChI is InChI=1S/C13H24N2O4/c1-5-18-11(16)14-6-8-15(9-7-14)12(17)19-10-13(2,3)4/h5-10H2,1-4H3. The van der Waals surface area contributed by atoms with Crippen LogP contribution in [0.4, 0.5) is 9.59 Å². The van der Waals surface area contributed by atoms with Gasteiger partial charge in [0.05, 0.1) is 13.2 Å². The summed E-state index contributed by atoms with van der Waals surface area (Å²) in [6.45, 7) is 10.5. The zero-order valence-corrected chi connectivity index (χ0v) is 12.3. The third-order valence-corrected chi connectivity index (χ3v) is 2.69. The van der Waals surface area contributed by atoms with Gasteiger partial charge in [-0.2, -0.15) is 0 Å². The molecule has 0 aromatic rings. The van der Waals surface area contributed by atoms with Gasteiger partial charge in [-0.25, -0.2) is 9.59 Å². The summed E-state index contributed by atoms with van der Waals surface area (Å²) in [7, 11) is 0. The zero-order chi connectivity index (χ0) is 14.5. The van der Waals surface area contributed by atoms with E-state index < -0.39 is 0 Å². The lowest BCUT2D eigenvalue weighted by Gasteiger charge is -2.33. The highest BCUT2D eigenvalue weighted by Gasteiger charge is 2.26. The molecule has 1 aliphatic rings. The SMILES string of the molecule is CCOC(=O)N1CCN(C(=O)OCC(C)(C)C)CC1. The van der Waals surface area contributed by atoms with Gasteiger partial charge in [0, 0.05) is 26.2 Å². The highest BCUT2D eigenvalue weighted by molar-refractivity contribution is 5.70. The molecule has 0 saturated carbocycles. The average Bonchev–Trinajstić information content (AvgIpc) is 2.35. The lowest BCUT2D eigenvalue weighted by atomic mass is 9.99. The molecule has 0 bridgehead atoms. The number of hydrogen-bond acceptors (Lipinski definition) is 4. The smallest absolute Gasteiger partial charge is 0.409 e. The Morgan fingerprint density at radius 2 is 1.37 bits per heavy atom. The van der Waals surface area contributed by atoms with E-state index in [2.05, 4.69) is 0 Å². The van der Waals surface area contributed by atoms with E-state index in [1.54, 1.807) is 16.7 Å². The zero-order valence-electron chi connectivity index (χ0n) is 12.3. The molecule has 6 nitrogen and oxygen atoms in total. The second-order valence-corrected chi connectivity index (χ2v) is 5.79. The Morgan fingerprint density at radius 1 is 0.947 bits per heavy atom. The van der Waals surface area contributed by atoms with Crippen LogP contribution in [0, 0.1) is 5.41 Å². The Kier molecular flexibility index (Phi) is 5.44. The Labute approximate surface area is 114 Å². The second kappa shape index (κ2) is 6.63. The topological polar surface area (TPSA) is 59.1 Å². The number of carbonyl (C=O) groups excluding carboxylic acids is 2. The van der Waals surface area contributed by atoms with Crippen LogP contribution in [-0.2, 0) is 9.47 Å². The first-order valence-electron chi connectivity index (χ1n) is 6.67. The van der Waals surface area contributed by atoms with E-state index in [1.165, 1.54) is 0 Å². The first kappa shape index (κ1) is 15.6. The first-order chi connectivity index (χ1) is 8.83. The van der Waals surface area contributed by atoms with Gasteiger partial charge >= 0.3 is 12.2 Å². The molecule has 1 heterocycles. The maximum Gasteiger partial charge on any atom is 0.409 e.